The zero-order chi connectivity index (χ0) is 9.84. The van der Waals surface area contributed by atoms with Crippen molar-refractivity contribution in [1.29, 1.82) is 0 Å². The Labute approximate surface area is 90.1 Å². The van der Waals surface area contributed by atoms with E-state index in [1.807, 2.05) is 0 Å². The first-order chi connectivity index (χ1) is 6.15. The van der Waals surface area contributed by atoms with Crippen LogP contribution < -0.4 is 5.73 Å². The second-order valence-electron chi connectivity index (χ2n) is 2.62. The fourth-order valence-corrected chi connectivity index (χ4v) is 1.64. The average Bonchev–Trinajstić information content (AvgIpc) is 2.09. The summed E-state index contributed by atoms with van der Waals surface area (Å²) < 4.78 is 0.748. The van der Waals surface area contributed by atoms with Crippen LogP contribution in [0.25, 0.3) is 0 Å². The summed E-state index contributed by atoms with van der Waals surface area (Å²) in [6.07, 6.45) is 1.50. The van der Waals surface area contributed by atoms with Crippen molar-refractivity contribution in [3.8, 4) is 0 Å². The van der Waals surface area contributed by atoms with Gasteiger partial charge in [0, 0.05) is 10.7 Å². The summed E-state index contributed by atoms with van der Waals surface area (Å²) in [6.45, 7) is 0.438. The van der Waals surface area contributed by atoms with Gasteiger partial charge in [-0.05, 0) is 40.5 Å². The predicted octanol–water partition coefficient (Wildman–Crippen LogP) is 1.88. The summed E-state index contributed by atoms with van der Waals surface area (Å²) in [4.78, 5) is 3.86. The van der Waals surface area contributed by atoms with E-state index in [4.69, 9.17) is 17.3 Å². The molecule has 1 rings (SSSR count). The first kappa shape index (κ1) is 10.9. The van der Waals surface area contributed by atoms with Crippen molar-refractivity contribution in [3.05, 3.63) is 27.5 Å². The minimum absolute atomic E-state index is 0.370. The van der Waals surface area contributed by atoms with Gasteiger partial charge in [-0.1, -0.05) is 11.6 Å². The Morgan fingerprint density at radius 1 is 1.69 bits per heavy atom. The molecule has 1 aromatic heterocycles. The Hall–Kier alpha value is -0.160. The fraction of sp³-hybridized carbons (Fsp3) is 0.375. The predicted molar refractivity (Wildman–Crippen MR) is 55.6 cm³/mol. The molecule has 0 unspecified atom stereocenters. The van der Waals surface area contributed by atoms with Crippen molar-refractivity contribution >= 4 is 27.5 Å². The van der Waals surface area contributed by atoms with E-state index in [0.717, 1.165) is 10.0 Å². The molecule has 1 atom stereocenters. The number of hydrogen-bond donors (Lipinski definition) is 2. The first-order valence-corrected chi connectivity index (χ1v) is 5.01. The molecule has 0 saturated heterocycles. The molecule has 3 N–H and O–H groups in total. The van der Waals surface area contributed by atoms with Gasteiger partial charge in [-0.25, -0.2) is 4.98 Å². The summed E-state index contributed by atoms with van der Waals surface area (Å²) in [6, 6.07) is 1.63. The number of aromatic nitrogens is 1. The maximum atomic E-state index is 9.63. The van der Waals surface area contributed by atoms with Crippen molar-refractivity contribution < 1.29 is 5.11 Å². The maximum absolute atomic E-state index is 9.63. The highest BCUT2D eigenvalue weighted by Crippen LogP contribution is 2.26. The van der Waals surface area contributed by atoms with Crippen molar-refractivity contribution in [2.75, 3.05) is 6.54 Å². The summed E-state index contributed by atoms with van der Waals surface area (Å²) >= 11 is 8.97. The second kappa shape index (κ2) is 4.91. The lowest BCUT2D eigenvalue weighted by Crippen LogP contribution is -2.07. The van der Waals surface area contributed by atoms with E-state index in [1.54, 1.807) is 12.3 Å². The van der Waals surface area contributed by atoms with Crippen LogP contribution in [0.4, 0.5) is 0 Å². The molecule has 0 aliphatic heterocycles. The molecule has 0 saturated carbocycles. The Morgan fingerprint density at radius 2 is 2.38 bits per heavy atom. The minimum atomic E-state index is -0.583. The van der Waals surface area contributed by atoms with Crippen LogP contribution in [-0.4, -0.2) is 16.6 Å². The summed E-state index contributed by atoms with van der Waals surface area (Å²) in [5, 5.41) is 10.00. The molecule has 72 valence electrons. The molecular formula is C8H10BrClN2O. The molecule has 0 aliphatic carbocycles. The van der Waals surface area contributed by atoms with Gasteiger partial charge in [0.05, 0.1) is 6.10 Å². The van der Waals surface area contributed by atoms with Crippen molar-refractivity contribution in [2.24, 2.45) is 5.73 Å². The highest BCUT2D eigenvalue weighted by atomic mass is 79.9. The lowest BCUT2D eigenvalue weighted by molar-refractivity contribution is 0.169. The zero-order valence-electron chi connectivity index (χ0n) is 6.87. The standard InChI is InChI=1S/C8H10BrClN2O/c9-6-4-12-8(10)3-5(6)7(13)1-2-11/h3-4,7,13H,1-2,11H2/t7-/m0/s1. The second-order valence-corrected chi connectivity index (χ2v) is 3.86. The largest absolute Gasteiger partial charge is 0.388 e. The van der Waals surface area contributed by atoms with Crippen LogP contribution in [-0.2, 0) is 0 Å². The van der Waals surface area contributed by atoms with Crippen LogP contribution in [0.3, 0.4) is 0 Å². The molecule has 1 heterocycles. The van der Waals surface area contributed by atoms with Gasteiger partial charge >= 0.3 is 0 Å². The SMILES string of the molecule is NCC[C@H](O)c1cc(Cl)ncc1Br. The van der Waals surface area contributed by atoms with E-state index in [2.05, 4.69) is 20.9 Å². The van der Waals surface area contributed by atoms with Gasteiger partial charge in [-0.15, -0.1) is 0 Å². The zero-order valence-corrected chi connectivity index (χ0v) is 9.22. The Balaban J connectivity index is 2.91. The maximum Gasteiger partial charge on any atom is 0.129 e. The average molecular weight is 266 g/mol. The number of nitrogens with two attached hydrogens (primary N) is 1. The van der Waals surface area contributed by atoms with Gasteiger partial charge in [0.15, 0.2) is 0 Å². The van der Waals surface area contributed by atoms with E-state index < -0.39 is 6.10 Å². The third-order valence-electron chi connectivity index (χ3n) is 1.65. The minimum Gasteiger partial charge on any atom is -0.388 e. The molecule has 0 fully saturated rings. The topological polar surface area (TPSA) is 59.1 Å². The molecule has 13 heavy (non-hydrogen) atoms. The smallest absolute Gasteiger partial charge is 0.129 e. The van der Waals surface area contributed by atoms with E-state index in [9.17, 15) is 5.11 Å². The summed E-state index contributed by atoms with van der Waals surface area (Å²) in [5.74, 6) is 0. The van der Waals surface area contributed by atoms with Crippen LogP contribution in [0.1, 0.15) is 18.1 Å². The lowest BCUT2D eigenvalue weighted by atomic mass is 10.1. The molecule has 0 aliphatic rings. The number of pyridine rings is 1. The molecule has 5 heteroatoms. The number of hydrogen-bond acceptors (Lipinski definition) is 3. The molecular weight excluding hydrogens is 255 g/mol. The van der Waals surface area contributed by atoms with Crippen LogP contribution in [0.5, 0.6) is 0 Å². The normalized spacial score (nSPS) is 12.9. The molecule has 0 aromatic carbocycles. The van der Waals surface area contributed by atoms with Gasteiger partial charge in [-0.2, -0.15) is 0 Å². The van der Waals surface area contributed by atoms with E-state index in [0.29, 0.717) is 18.1 Å². The number of aliphatic hydroxyl groups is 1. The van der Waals surface area contributed by atoms with E-state index >= 15 is 0 Å². The van der Waals surface area contributed by atoms with Crippen LogP contribution in [0, 0.1) is 0 Å². The number of rotatable bonds is 3. The van der Waals surface area contributed by atoms with E-state index in [1.165, 1.54) is 0 Å². The van der Waals surface area contributed by atoms with Gasteiger partial charge in [-0.3, -0.25) is 0 Å². The van der Waals surface area contributed by atoms with Crippen molar-refractivity contribution in [2.45, 2.75) is 12.5 Å². The van der Waals surface area contributed by atoms with Crippen LogP contribution in [0.15, 0.2) is 16.7 Å². The number of nitrogens with zero attached hydrogens (tertiary/aromatic N) is 1. The summed E-state index contributed by atoms with van der Waals surface area (Å²) in [7, 11) is 0. The van der Waals surface area contributed by atoms with Gasteiger partial charge < -0.3 is 10.8 Å². The third-order valence-corrected chi connectivity index (χ3v) is 2.52. The van der Waals surface area contributed by atoms with Gasteiger partial charge in [0.1, 0.15) is 5.15 Å². The number of aliphatic hydroxyl groups excluding tert-OH is 1. The molecule has 1 aromatic rings. The first-order valence-electron chi connectivity index (χ1n) is 3.84. The highest BCUT2D eigenvalue weighted by Gasteiger charge is 2.11. The fourth-order valence-electron chi connectivity index (χ4n) is 0.996. The van der Waals surface area contributed by atoms with Crippen molar-refractivity contribution in [3.63, 3.8) is 0 Å². The molecule has 0 radical (unpaired) electrons. The van der Waals surface area contributed by atoms with E-state index in [-0.39, 0.29) is 0 Å². The highest BCUT2D eigenvalue weighted by molar-refractivity contribution is 9.10. The lowest BCUT2D eigenvalue weighted by Gasteiger charge is -2.11. The third kappa shape index (κ3) is 2.91. The number of halogens is 2. The summed E-state index contributed by atoms with van der Waals surface area (Å²) in [5.41, 5.74) is 6.06. The Bertz CT molecular complexity index is 295. The van der Waals surface area contributed by atoms with Crippen LogP contribution >= 0.6 is 27.5 Å². The van der Waals surface area contributed by atoms with Crippen LogP contribution in [0.2, 0.25) is 5.15 Å². The van der Waals surface area contributed by atoms with Gasteiger partial charge in [0.25, 0.3) is 0 Å². The molecule has 3 nitrogen and oxygen atoms in total. The quantitative estimate of drug-likeness (QED) is 0.821. The molecule has 0 bridgehead atoms. The van der Waals surface area contributed by atoms with Gasteiger partial charge in [0.2, 0.25) is 0 Å². The molecule has 0 amide bonds. The van der Waals surface area contributed by atoms with Crippen molar-refractivity contribution in [1.82, 2.24) is 4.98 Å². The Kier molecular flexibility index (Phi) is 4.12. The monoisotopic (exact) mass is 264 g/mol. The Morgan fingerprint density at radius 3 is 3.00 bits per heavy atom. The molecule has 0 spiro atoms.